The minimum atomic E-state index is -0.530. The Hall–Kier alpha value is -2.11. The maximum Gasteiger partial charge on any atom is 0.123 e. The van der Waals surface area contributed by atoms with Crippen LogP contribution in [0, 0.1) is 12.7 Å². The van der Waals surface area contributed by atoms with Crippen LogP contribution in [-0.4, -0.2) is 55.4 Å². The van der Waals surface area contributed by atoms with Crippen molar-refractivity contribution in [2.24, 2.45) is 0 Å². The Labute approximate surface area is 167 Å². The SMILES string of the molecule is Cc1ccc(C(C)C)c(OC[C@@H](O)CN2CCN(c3ccc(F)cc3)CC2)c1. The third kappa shape index (κ3) is 5.46. The molecule has 0 amide bonds. The number of piperazine rings is 1. The van der Waals surface area contributed by atoms with E-state index in [2.05, 4.69) is 35.8 Å². The van der Waals surface area contributed by atoms with Crippen molar-refractivity contribution in [3.8, 4) is 5.75 Å². The summed E-state index contributed by atoms with van der Waals surface area (Å²) in [4.78, 5) is 4.51. The van der Waals surface area contributed by atoms with Gasteiger partial charge in [0.1, 0.15) is 24.3 Å². The Bertz CT molecular complexity index is 756. The van der Waals surface area contributed by atoms with Crippen LogP contribution in [0.25, 0.3) is 0 Å². The molecule has 2 aromatic rings. The van der Waals surface area contributed by atoms with Crippen LogP contribution < -0.4 is 9.64 Å². The average Bonchev–Trinajstić information content (AvgIpc) is 2.67. The van der Waals surface area contributed by atoms with Crippen LogP contribution in [0.2, 0.25) is 0 Å². The van der Waals surface area contributed by atoms with Crippen LogP contribution in [0.15, 0.2) is 42.5 Å². The van der Waals surface area contributed by atoms with E-state index < -0.39 is 6.10 Å². The van der Waals surface area contributed by atoms with Gasteiger partial charge in [-0.05, 0) is 54.3 Å². The van der Waals surface area contributed by atoms with Gasteiger partial charge in [-0.25, -0.2) is 4.39 Å². The molecule has 28 heavy (non-hydrogen) atoms. The first kappa shape index (κ1) is 20.6. The highest BCUT2D eigenvalue weighted by molar-refractivity contribution is 5.46. The van der Waals surface area contributed by atoms with Gasteiger partial charge in [-0.2, -0.15) is 0 Å². The number of β-amino-alcohol motifs (C(OH)–C–C–N with tert-alkyl or cyclic N) is 1. The molecule has 0 aromatic heterocycles. The summed E-state index contributed by atoms with van der Waals surface area (Å²) >= 11 is 0. The van der Waals surface area contributed by atoms with E-state index in [4.69, 9.17) is 4.74 Å². The number of benzene rings is 2. The minimum Gasteiger partial charge on any atom is -0.491 e. The summed E-state index contributed by atoms with van der Waals surface area (Å²) in [6.07, 6.45) is -0.530. The molecule has 0 bridgehead atoms. The molecule has 0 unspecified atom stereocenters. The second-order valence-electron chi connectivity index (χ2n) is 7.92. The van der Waals surface area contributed by atoms with Gasteiger partial charge < -0.3 is 14.7 Å². The summed E-state index contributed by atoms with van der Waals surface area (Å²) in [7, 11) is 0. The molecule has 152 valence electrons. The number of halogens is 1. The lowest BCUT2D eigenvalue weighted by Crippen LogP contribution is -2.49. The summed E-state index contributed by atoms with van der Waals surface area (Å²) in [6, 6.07) is 12.9. The van der Waals surface area contributed by atoms with Crippen molar-refractivity contribution in [1.82, 2.24) is 4.90 Å². The van der Waals surface area contributed by atoms with Gasteiger partial charge in [0, 0.05) is 38.4 Å². The van der Waals surface area contributed by atoms with E-state index in [1.165, 1.54) is 17.7 Å². The molecule has 2 aromatic carbocycles. The average molecular weight is 387 g/mol. The molecule has 1 aliphatic heterocycles. The van der Waals surface area contributed by atoms with Crippen molar-refractivity contribution in [3.63, 3.8) is 0 Å². The molecule has 5 heteroatoms. The van der Waals surface area contributed by atoms with Crippen molar-refractivity contribution in [2.75, 3.05) is 44.2 Å². The molecule has 0 spiro atoms. The second-order valence-corrected chi connectivity index (χ2v) is 7.92. The van der Waals surface area contributed by atoms with Crippen LogP contribution >= 0.6 is 0 Å². The number of aliphatic hydroxyl groups excluding tert-OH is 1. The van der Waals surface area contributed by atoms with Crippen molar-refractivity contribution < 1.29 is 14.2 Å². The molecule has 4 nitrogen and oxygen atoms in total. The predicted octanol–water partition coefficient (Wildman–Crippen LogP) is 3.82. The molecule has 0 radical (unpaired) electrons. The Kier molecular flexibility index (Phi) is 6.92. The highest BCUT2D eigenvalue weighted by Crippen LogP contribution is 2.27. The van der Waals surface area contributed by atoms with E-state index in [0.29, 0.717) is 19.1 Å². The third-order valence-corrected chi connectivity index (χ3v) is 5.26. The Morgan fingerprint density at radius 3 is 2.36 bits per heavy atom. The maximum absolute atomic E-state index is 13.1. The number of hydrogen-bond acceptors (Lipinski definition) is 4. The lowest BCUT2D eigenvalue weighted by Gasteiger charge is -2.36. The lowest BCUT2D eigenvalue weighted by molar-refractivity contribution is 0.0659. The minimum absolute atomic E-state index is 0.209. The van der Waals surface area contributed by atoms with Gasteiger partial charge in [0.15, 0.2) is 0 Å². The summed E-state index contributed by atoms with van der Waals surface area (Å²) in [6.45, 7) is 10.7. The van der Waals surface area contributed by atoms with Gasteiger partial charge in [0.05, 0.1) is 0 Å². The molecule has 1 atom stereocenters. The van der Waals surface area contributed by atoms with Crippen molar-refractivity contribution in [2.45, 2.75) is 32.8 Å². The smallest absolute Gasteiger partial charge is 0.123 e. The molecule has 3 rings (SSSR count). The van der Waals surface area contributed by atoms with Gasteiger partial charge in [0.2, 0.25) is 0 Å². The van der Waals surface area contributed by atoms with Gasteiger partial charge in [-0.3, -0.25) is 4.90 Å². The predicted molar refractivity (Wildman–Crippen MR) is 112 cm³/mol. The normalized spacial score (nSPS) is 16.4. The van der Waals surface area contributed by atoms with Gasteiger partial charge in [-0.15, -0.1) is 0 Å². The van der Waals surface area contributed by atoms with Crippen molar-refractivity contribution in [3.05, 3.63) is 59.4 Å². The fraction of sp³-hybridized carbons (Fsp3) is 0.478. The van der Waals surface area contributed by atoms with Crippen molar-refractivity contribution >= 4 is 5.69 Å². The summed E-state index contributed by atoms with van der Waals surface area (Å²) in [5.74, 6) is 1.04. The van der Waals surface area contributed by atoms with Crippen LogP contribution in [0.4, 0.5) is 10.1 Å². The maximum atomic E-state index is 13.1. The lowest BCUT2D eigenvalue weighted by atomic mass is 10.0. The third-order valence-electron chi connectivity index (χ3n) is 5.26. The first-order valence-corrected chi connectivity index (χ1v) is 10.1. The van der Waals surface area contributed by atoms with Crippen LogP contribution in [-0.2, 0) is 0 Å². The monoisotopic (exact) mass is 386 g/mol. The molecular formula is C23H31FN2O2. The topological polar surface area (TPSA) is 35.9 Å². The number of anilines is 1. The van der Waals surface area contributed by atoms with Crippen molar-refractivity contribution in [1.29, 1.82) is 0 Å². The molecule has 1 aliphatic rings. The quantitative estimate of drug-likeness (QED) is 0.785. The zero-order valence-electron chi connectivity index (χ0n) is 17.1. The Balaban J connectivity index is 1.47. The Morgan fingerprint density at radius 1 is 1.04 bits per heavy atom. The number of aryl methyl sites for hydroxylation is 1. The van der Waals surface area contributed by atoms with E-state index in [9.17, 15) is 9.50 Å². The summed E-state index contributed by atoms with van der Waals surface area (Å²) < 4.78 is 19.0. The summed E-state index contributed by atoms with van der Waals surface area (Å²) in [5, 5.41) is 10.5. The van der Waals surface area contributed by atoms with Gasteiger partial charge in [-0.1, -0.05) is 26.0 Å². The Morgan fingerprint density at radius 2 is 1.71 bits per heavy atom. The van der Waals surface area contributed by atoms with Gasteiger partial charge >= 0.3 is 0 Å². The molecule has 1 fully saturated rings. The zero-order chi connectivity index (χ0) is 20.1. The molecule has 1 N–H and O–H groups in total. The number of rotatable bonds is 7. The fourth-order valence-electron chi connectivity index (χ4n) is 3.62. The molecule has 1 heterocycles. The largest absolute Gasteiger partial charge is 0.491 e. The van der Waals surface area contributed by atoms with E-state index >= 15 is 0 Å². The molecular weight excluding hydrogens is 355 g/mol. The molecule has 1 saturated heterocycles. The number of nitrogens with zero attached hydrogens (tertiary/aromatic N) is 2. The van der Waals surface area contributed by atoms with E-state index in [1.807, 2.05) is 25.1 Å². The highest BCUT2D eigenvalue weighted by Gasteiger charge is 2.20. The first-order valence-electron chi connectivity index (χ1n) is 10.1. The van der Waals surface area contributed by atoms with E-state index in [1.54, 1.807) is 0 Å². The second kappa shape index (κ2) is 9.39. The van der Waals surface area contributed by atoms with Crippen LogP contribution in [0.5, 0.6) is 5.75 Å². The van der Waals surface area contributed by atoms with Crippen LogP contribution in [0.3, 0.4) is 0 Å². The highest BCUT2D eigenvalue weighted by atomic mass is 19.1. The fourth-order valence-corrected chi connectivity index (χ4v) is 3.62. The van der Waals surface area contributed by atoms with E-state index in [0.717, 1.165) is 43.2 Å². The summed E-state index contributed by atoms with van der Waals surface area (Å²) in [5.41, 5.74) is 3.38. The number of ether oxygens (including phenoxy) is 1. The van der Waals surface area contributed by atoms with E-state index in [-0.39, 0.29) is 5.82 Å². The zero-order valence-corrected chi connectivity index (χ0v) is 17.1. The number of aliphatic hydroxyl groups is 1. The molecule has 0 aliphatic carbocycles. The standard InChI is InChI=1S/C23H31FN2O2/c1-17(2)22-9-4-18(3)14-23(22)28-16-21(27)15-25-10-12-26(13-11-25)20-7-5-19(24)6-8-20/h4-9,14,17,21,27H,10-13,15-16H2,1-3H3/t21-/m0/s1. The van der Waals surface area contributed by atoms with Crippen LogP contribution in [0.1, 0.15) is 30.9 Å². The number of hydrogen-bond donors (Lipinski definition) is 1. The molecule has 0 saturated carbocycles. The first-order chi connectivity index (χ1) is 13.4. The van der Waals surface area contributed by atoms with Gasteiger partial charge in [0.25, 0.3) is 0 Å².